The van der Waals surface area contributed by atoms with Crippen LogP contribution in [0, 0.1) is 0 Å². The molecule has 1 N–H and O–H groups in total. The number of hydrogen-bond donors (Lipinski definition) is 1. The Bertz CT molecular complexity index is 765. The Kier molecular flexibility index (Phi) is 2.81. The van der Waals surface area contributed by atoms with Crippen molar-refractivity contribution in [1.29, 1.82) is 0 Å². The van der Waals surface area contributed by atoms with Crippen molar-refractivity contribution in [2.24, 2.45) is 7.05 Å². The van der Waals surface area contributed by atoms with E-state index in [-0.39, 0.29) is 12.1 Å². The van der Waals surface area contributed by atoms with E-state index in [1.165, 1.54) is 0 Å². The predicted octanol–water partition coefficient (Wildman–Crippen LogP) is 0.800. The van der Waals surface area contributed by atoms with Gasteiger partial charge >= 0.3 is 0 Å². The number of nitrogens with one attached hydrogen (secondary N) is 1. The molecule has 0 aromatic carbocycles. The van der Waals surface area contributed by atoms with Crippen LogP contribution in [-0.4, -0.2) is 42.0 Å². The molecule has 0 saturated carbocycles. The Hall–Kier alpha value is -2.48. The summed E-state index contributed by atoms with van der Waals surface area (Å²) in [5, 5.41) is 15.6. The molecule has 4 rings (SSSR count). The number of anilines is 1. The van der Waals surface area contributed by atoms with Gasteiger partial charge < -0.3 is 10.1 Å². The number of aromatic nitrogens is 6. The van der Waals surface area contributed by atoms with Crippen molar-refractivity contribution in [3.8, 4) is 0 Å². The zero-order valence-electron chi connectivity index (χ0n) is 11.5. The fourth-order valence-electron chi connectivity index (χ4n) is 2.69. The third-order valence-electron chi connectivity index (χ3n) is 3.68. The molecule has 0 aliphatic carbocycles. The molecule has 0 spiro atoms. The second-order valence-electron chi connectivity index (χ2n) is 5.12. The van der Waals surface area contributed by atoms with E-state index < -0.39 is 0 Å². The predicted molar refractivity (Wildman–Crippen MR) is 74.7 cm³/mol. The highest BCUT2D eigenvalue weighted by atomic mass is 16.5. The average Bonchev–Trinajstić information content (AvgIpc) is 3.18. The maximum absolute atomic E-state index is 5.84. The van der Waals surface area contributed by atoms with Gasteiger partial charge in [0.1, 0.15) is 12.4 Å². The van der Waals surface area contributed by atoms with Crippen LogP contribution in [0.5, 0.6) is 0 Å². The first-order valence-corrected chi connectivity index (χ1v) is 6.82. The summed E-state index contributed by atoms with van der Waals surface area (Å²) < 4.78 is 9.47. The minimum atomic E-state index is -0.0244. The highest BCUT2D eigenvalue weighted by Crippen LogP contribution is 2.31. The van der Waals surface area contributed by atoms with Crippen LogP contribution < -0.4 is 5.32 Å². The maximum atomic E-state index is 5.84. The number of aryl methyl sites for hydroxylation is 1. The van der Waals surface area contributed by atoms with Gasteiger partial charge in [-0.3, -0.25) is 9.08 Å². The zero-order chi connectivity index (χ0) is 14.2. The molecular weight excluding hydrogens is 270 g/mol. The van der Waals surface area contributed by atoms with E-state index in [1.807, 2.05) is 30.0 Å². The average molecular weight is 285 g/mol. The van der Waals surface area contributed by atoms with Crippen LogP contribution in [0.3, 0.4) is 0 Å². The molecule has 108 valence electrons. The summed E-state index contributed by atoms with van der Waals surface area (Å²) in [6.45, 7) is 0.715. The van der Waals surface area contributed by atoms with Gasteiger partial charge in [0.2, 0.25) is 5.65 Å². The molecule has 0 radical (unpaired) electrons. The normalized spacial score (nSPS) is 22.0. The van der Waals surface area contributed by atoms with Gasteiger partial charge in [-0.25, -0.2) is 4.98 Å². The molecule has 8 nitrogen and oxygen atoms in total. The Morgan fingerprint density at radius 3 is 3.24 bits per heavy atom. The van der Waals surface area contributed by atoms with Gasteiger partial charge in [0.25, 0.3) is 0 Å². The summed E-state index contributed by atoms with van der Waals surface area (Å²) >= 11 is 0. The number of nitrogens with zero attached hydrogens (tertiary/aromatic N) is 6. The van der Waals surface area contributed by atoms with E-state index in [4.69, 9.17) is 4.74 Å². The van der Waals surface area contributed by atoms with E-state index in [1.54, 1.807) is 17.2 Å². The van der Waals surface area contributed by atoms with E-state index >= 15 is 0 Å². The molecule has 1 aliphatic heterocycles. The van der Waals surface area contributed by atoms with Crippen LogP contribution in [0.25, 0.3) is 5.65 Å². The first kappa shape index (κ1) is 12.3. The summed E-state index contributed by atoms with van der Waals surface area (Å²) in [6, 6.07) is 0.143. The van der Waals surface area contributed by atoms with Crippen molar-refractivity contribution in [1.82, 2.24) is 29.4 Å². The molecule has 8 heteroatoms. The third kappa shape index (κ3) is 2.13. The molecule has 0 amide bonds. The fraction of sp³-hybridized carbons (Fsp3) is 0.385. The summed E-state index contributed by atoms with van der Waals surface area (Å²) in [4.78, 5) is 4.37. The summed E-state index contributed by atoms with van der Waals surface area (Å²) in [6.07, 6.45) is 9.93. The lowest BCUT2D eigenvalue weighted by Crippen LogP contribution is -2.24. The lowest BCUT2D eigenvalue weighted by Gasteiger charge is -2.19. The molecule has 1 aliphatic rings. The Morgan fingerprint density at radius 2 is 2.38 bits per heavy atom. The number of rotatable bonds is 3. The standard InChI is InChI=1S/C13H15N7O/c1-19-7-9(6-16-19)11-10(2-5-21-11)17-12-13-18-15-8-20(13)4-3-14-12/h3-4,6-8,10-11H,2,5H2,1H3,(H,14,17)/t10-,11+/m0/s1. The number of hydrogen-bond acceptors (Lipinski definition) is 6. The Morgan fingerprint density at radius 1 is 1.43 bits per heavy atom. The third-order valence-corrected chi connectivity index (χ3v) is 3.68. The van der Waals surface area contributed by atoms with Crippen LogP contribution >= 0.6 is 0 Å². The van der Waals surface area contributed by atoms with Gasteiger partial charge in [-0.1, -0.05) is 0 Å². The summed E-state index contributed by atoms with van der Waals surface area (Å²) in [7, 11) is 1.90. The molecule has 1 fully saturated rings. The first-order valence-electron chi connectivity index (χ1n) is 6.82. The van der Waals surface area contributed by atoms with Gasteiger partial charge in [0.05, 0.1) is 12.2 Å². The van der Waals surface area contributed by atoms with Crippen molar-refractivity contribution in [3.05, 3.63) is 36.7 Å². The highest BCUT2D eigenvalue weighted by molar-refractivity contribution is 5.62. The van der Waals surface area contributed by atoms with Crippen LogP contribution in [0.4, 0.5) is 5.82 Å². The molecule has 0 unspecified atom stereocenters. The largest absolute Gasteiger partial charge is 0.371 e. The number of ether oxygens (including phenoxy) is 1. The summed E-state index contributed by atoms with van der Waals surface area (Å²) in [5.74, 6) is 0.722. The lowest BCUT2D eigenvalue weighted by molar-refractivity contribution is 0.107. The molecule has 1 saturated heterocycles. The highest BCUT2D eigenvalue weighted by Gasteiger charge is 2.31. The van der Waals surface area contributed by atoms with Crippen molar-refractivity contribution >= 4 is 11.5 Å². The van der Waals surface area contributed by atoms with E-state index in [2.05, 4.69) is 25.6 Å². The molecular formula is C13H15N7O. The van der Waals surface area contributed by atoms with Crippen molar-refractivity contribution < 1.29 is 4.74 Å². The number of fused-ring (bicyclic) bond motifs is 1. The van der Waals surface area contributed by atoms with Crippen LogP contribution in [-0.2, 0) is 11.8 Å². The fourth-order valence-corrected chi connectivity index (χ4v) is 2.69. The molecule has 2 atom stereocenters. The smallest absolute Gasteiger partial charge is 0.203 e. The SMILES string of the molecule is Cn1cc([C@H]2OCC[C@@H]2Nc2nccn3cnnc23)cn1. The zero-order valence-corrected chi connectivity index (χ0v) is 11.5. The van der Waals surface area contributed by atoms with Crippen molar-refractivity contribution in [2.45, 2.75) is 18.6 Å². The van der Waals surface area contributed by atoms with Gasteiger partial charge in [-0.05, 0) is 6.42 Å². The van der Waals surface area contributed by atoms with Gasteiger partial charge in [-0.15, -0.1) is 10.2 Å². The second-order valence-corrected chi connectivity index (χ2v) is 5.12. The van der Waals surface area contributed by atoms with Crippen molar-refractivity contribution in [3.63, 3.8) is 0 Å². The van der Waals surface area contributed by atoms with Gasteiger partial charge in [0, 0.05) is 37.8 Å². The Balaban J connectivity index is 1.62. The molecule has 3 aromatic heterocycles. The van der Waals surface area contributed by atoms with Gasteiger partial charge in [-0.2, -0.15) is 5.10 Å². The van der Waals surface area contributed by atoms with Crippen LogP contribution in [0.2, 0.25) is 0 Å². The lowest BCUT2D eigenvalue weighted by atomic mass is 10.1. The molecule has 0 bridgehead atoms. The monoisotopic (exact) mass is 285 g/mol. The minimum Gasteiger partial charge on any atom is -0.371 e. The van der Waals surface area contributed by atoms with Gasteiger partial charge in [0.15, 0.2) is 5.82 Å². The quantitative estimate of drug-likeness (QED) is 0.766. The Labute approximate surface area is 120 Å². The molecule has 3 aromatic rings. The molecule has 4 heterocycles. The summed E-state index contributed by atoms with van der Waals surface area (Å²) in [5.41, 5.74) is 1.79. The minimum absolute atomic E-state index is 0.0244. The van der Waals surface area contributed by atoms with Crippen molar-refractivity contribution in [2.75, 3.05) is 11.9 Å². The molecule has 21 heavy (non-hydrogen) atoms. The van der Waals surface area contributed by atoms with Crippen LogP contribution in [0.1, 0.15) is 18.1 Å². The van der Waals surface area contributed by atoms with E-state index in [9.17, 15) is 0 Å². The first-order chi connectivity index (χ1) is 10.3. The van der Waals surface area contributed by atoms with Crippen LogP contribution in [0.15, 0.2) is 31.1 Å². The maximum Gasteiger partial charge on any atom is 0.203 e. The second kappa shape index (κ2) is 4.81. The van der Waals surface area contributed by atoms with E-state index in [0.717, 1.165) is 17.8 Å². The topological polar surface area (TPSA) is 82.2 Å². The van der Waals surface area contributed by atoms with E-state index in [0.29, 0.717) is 12.3 Å².